The molecule has 6 heteroatoms. The number of benzene rings is 1. The molecule has 0 spiro atoms. The topological polar surface area (TPSA) is 54.9 Å². The average Bonchev–Trinajstić information content (AvgIpc) is 2.31. The van der Waals surface area contributed by atoms with Crippen molar-refractivity contribution >= 4 is 45.8 Å². The number of amides is 1. The van der Waals surface area contributed by atoms with E-state index in [-0.39, 0.29) is 16.9 Å². The lowest BCUT2D eigenvalue weighted by Crippen LogP contribution is -2.15. The Bertz CT molecular complexity index is 626. The highest BCUT2D eigenvalue weighted by Crippen LogP contribution is 2.18. The lowest BCUT2D eigenvalue weighted by molar-refractivity contribution is 0.102. The van der Waals surface area contributed by atoms with Gasteiger partial charge in [0.2, 0.25) is 5.28 Å². The molecule has 1 amide bonds. The van der Waals surface area contributed by atoms with Crippen LogP contribution in [0, 0.1) is 17.4 Å². The number of hydrogen-bond donors (Lipinski definition) is 1. The number of anilines is 1. The molecule has 1 N–H and O–H groups in total. The van der Waals surface area contributed by atoms with Crippen LogP contribution < -0.4 is 5.32 Å². The molecule has 2 aromatic rings. The van der Waals surface area contributed by atoms with Gasteiger partial charge in [0.25, 0.3) is 5.91 Å². The highest BCUT2D eigenvalue weighted by molar-refractivity contribution is 14.1. The largest absolute Gasteiger partial charge is 0.320 e. The van der Waals surface area contributed by atoms with Crippen molar-refractivity contribution in [1.29, 1.82) is 0 Å². The van der Waals surface area contributed by atoms with Gasteiger partial charge in [-0.2, -0.15) is 0 Å². The normalized spacial score (nSPS) is 10.3. The highest BCUT2D eigenvalue weighted by Gasteiger charge is 2.11. The standard InChI is InChI=1S/C13H11ClIN3O/c1-7-5-9(15)3-4-10(7)17-12(19)11-6-8(2)16-13(14)18-11/h3-6H,1-2H3,(H,17,19). The second-order valence-electron chi connectivity index (χ2n) is 4.08. The summed E-state index contributed by atoms with van der Waals surface area (Å²) in [5, 5.41) is 2.89. The van der Waals surface area contributed by atoms with Crippen LogP contribution in [0.5, 0.6) is 0 Å². The number of aromatic nitrogens is 2. The van der Waals surface area contributed by atoms with E-state index >= 15 is 0 Å². The molecule has 0 radical (unpaired) electrons. The van der Waals surface area contributed by atoms with Gasteiger partial charge in [-0.3, -0.25) is 4.79 Å². The van der Waals surface area contributed by atoms with Crippen LogP contribution in [0.1, 0.15) is 21.7 Å². The van der Waals surface area contributed by atoms with Crippen LogP contribution in [-0.2, 0) is 0 Å². The van der Waals surface area contributed by atoms with Crippen molar-refractivity contribution in [2.75, 3.05) is 5.32 Å². The molecular weight excluding hydrogens is 377 g/mol. The molecule has 0 aliphatic heterocycles. The first kappa shape index (κ1) is 14.2. The zero-order valence-electron chi connectivity index (χ0n) is 10.4. The Kier molecular flexibility index (Phi) is 4.36. The van der Waals surface area contributed by atoms with Gasteiger partial charge in [-0.15, -0.1) is 0 Å². The van der Waals surface area contributed by atoms with Gasteiger partial charge >= 0.3 is 0 Å². The van der Waals surface area contributed by atoms with Crippen molar-refractivity contribution in [3.05, 3.63) is 50.1 Å². The van der Waals surface area contributed by atoms with Crippen LogP contribution in [0.4, 0.5) is 5.69 Å². The summed E-state index contributed by atoms with van der Waals surface area (Å²) in [4.78, 5) is 19.9. The van der Waals surface area contributed by atoms with E-state index in [1.54, 1.807) is 13.0 Å². The van der Waals surface area contributed by atoms with Crippen molar-refractivity contribution in [3.8, 4) is 0 Å². The predicted molar refractivity (Wildman–Crippen MR) is 83.6 cm³/mol. The first-order valence-electron chi connectivity index (χ1n) is 5.54. The van der Waals surface area contributed by atoms with Crippen LogP contribution in [0.3, 0.4) is 0 Å². The van der Waals surface area contributed by atoms with E-state index in [0.29, 0.717) is 5.69 Å². The van der Waals surface area contributed by atoms with Crippen molar-refractivity contribution in [1.82, 2.24) is 9.97 Å². The van der Waals surface area contributed by atoms with Crippen LogP contribution in [0.25, 0.3) is 0 Å². The van der Waals surface area contributed by atoms with E-state index in [9.17, 15) is 4.79 Å². The highest BCUT2D eigenvalue weighted by atomic mass is 127. The molecule has 0 aliphatic carbocycles. The molecule has 0 saturated carbocycles. The lowest BCUT2D eigenvalue weighted by Gasteiger charge is -2.08. The van der Waals surface area contributed by atoms with Gasteiger partial charge in [0, 0.05) is 15.0 Å². The molecule has 2 rings (SSSR count). The van der Waals surface area contributed by atoms with Gasteiger partial charge < -0.3 is 5.32 Å². The second-order valence-corrected chi connectivity index (χ2v) is 5.66. The Morgan fingerprint density at radius 2 is 2.00 bits per heavy atom. The van der Waals surface area contributed by atoms with E-state index in [1.807, 2.05) is 25.1 Å². The molecule has 0 aliphatic rings. The summed E-state index contributed by atoms with van der Waals surface area (Å²) >= 11 is 7.97. The zero-order valence-corrected chi connectivity index (χ0v) is 13.3. The molecule has 0 bridgehead atoms. The molecule has 0 atom stereocenters. The molecule has 4 nitrogen and oxygen atoms in total. The van der Waals surface area contributed by atoms with Gasteiger partial charge in [0.05, 0.1) is 0 Å². The Morgan fingerprint density at radius 3 is 2.63 bits per heavy atom. The van der Waals surface area contributed by atoms with Crippen LogP contribution in [0.2, 0.25) is 5.28 Å². The van der Waals surface area contributed by atoms with Crippen molar-refractivity contribution in [2.45, 2.75) is 13.8 Å². The van der Waals surface area contributed by atoms with E-state index in [1.165, 1.54) is 0 Å². The smallest absolute Gasteiger partial charge is 0.274 e. The fourth-order valence-corrected chi connectivity index (χ4v) is 2.47. The summed E-state index contributed by atoms with van der Waals surface area (Å²) in [7, 11) is 0. The van der Waals surface area contributed by atoms with Crippen LogP contribution in [-0.4, -0.2) is 15.9 Å². The quantitative estimate of drug-likeness (QED) is 0.633. The van der Waals surface area contributed by atoms with Crippen LogP contribution in [0.15, 0.2) is 24.3 Å². The van der Waals surface area contributed by atoms with Gasteiger partial charge in [-0.1, -0.05) is 0 Å². The molecule has 1 aromatic heterocycles. The third-order valence-electron chi connectivity index (χ3n) is 2.50. The summed E-state index contributed by atoms with van der Waals surface area (Å²) < 4.78 is 1.12. The average molecular weight is 388 g/mol. The third-order valence-corrected chi connectivity index (χ3v) is 3.34. The Hall–Kier alpha value is -1.21. The maximum atomic E-state index is 12.1. The number of hydrogen-bond acceptors (Lipinski definition) is 3. The molecule has 1 aromatic carbocycles. The Morgan fingerprint density at radius 1 is 1.26 bits per heavy atom. The van der Waals surface area contributed by atoms with Crippen LogP contribution >= 0.6 is 34.2 Å². The van der Waals surface area contributed by atoms with Gasteiger partial charge in [-0.05, 0) is 77.9 Å². The minimum Gasteiger partial charge on any atom is -0.320 e. The van der Waals surface area contributed by atoms with E-state index in [4.69, 9.17) is 11.6 Å². The molecular formula is C13H11ClIN3O. The SMILES string of the molecule is Cc1cc(C(=O)Nc2ccc(I)cc2C)nc(Cl)n1. The maximum Gasteiger partial charge on any atom is 0.274 e. The molecule has 1 heterocycles. The fraction of sp³-hybridized carbons (Fsp3) is 0.154. The molecule has 0 saturated heterocycles. The maximum absolute atomic E-state index is 12.1. The lowest BCUT2D eigenvalue weighted by atomic mass is 10.2. The minimum atomic E-state index is -0.295. The van der Waals surface area contributed by atoms with Crippen molar-refractivity contribution in [2.24, 2.45) is 0 Å². The fourth-order valence-electron chi connectivity index (χ4n) is 1.60. The van der Waals surface area contributed by atoms with E-state index in [2.05, 4.69) is 37.9 Å². The molecule has 98 valence electrons. The van der Waals surface area contributed by atoms with Crippen molar-refractivity contribution < 1.29 is 4.79 Å². The second kappa shape index (κ2) is 5.83. The molecule has 19 heavy (non-hydrogen) atoms. The van der Waals surface area contributed by atoms with Gasteiger partial charge in [-0.25, -0.2) is 9.97 Å². The van der Waals surface area contributed by atoms with Crippen molar-refractivity contribution in [3.63, 3.8) is 0 Å². The number of halogens is 2. The Labute approximate surface area is 129 Å². The number of rotatable bonds is 2. The van der Waals surface area contributed by atoms with E-state index in [0.717, 1.165) is 14.8 Å². The third kappa shape index (κ3) is 3.63. The predicted octanol–water partition coefficient (Wildman–Crippen LogP) is 3.60. The number of nitrogens with one attached hydrogen (secondary N) is 1. The van der Waals surface area contributed by atoms with E-state index < -0.39 is 0 Å². The summed E-state index contributed by atoms with van der Waals surface area (Å²) in [6, 6.07) is 7.39. The summed E-state index contributed by atoms with van der Waals surface area (Å²) in [5.74, 6) is -0.295. The Balaban J connectivity index is 2.25. The number of carbonyl (C=O) groups is 1. The number of aryl methyl sites for hydroxylation is 2. The first-order chi connectivity index (χ1) is 8.95. The zero-order chi connectivity index (χ0) is 14.0. The molecule has 0 unspecified atom stereocenters. The van der Waals surface area contributed by atoms with Gasteiger partial charge in [0.15, 0.2) is 0 Å². The monoisotopic (exact) mass is 387 g/mol. The van der Waals surface area contributed by atoms with Gasteiger partial charge in [0.1, 0.15) is 5.69 Å². The number of carbonyl (C=O) groups excluding carboxylic acids is 1. The minimum absolute atomic E-state index is 0.0736. The summed E-state index contributed by atoms with van der Waals surface area (Å²) in [6.07, 6.45) is 0. The first-order valence-corrected chi connectivity index (χ1v) is 7.00. The summed E-state index contributed by atoms with van der Waals surface area (Å²) in [5.41, 5.74) is 2.68. The summed E-state index contributed by atoms with van der Waals surface area (Å²) in [6.45, 7) is 3.70. The molecule has 0 fully saturated rings. The number of nitrogens with zero attached hydrogens (tertiary/aromatic N) is 2.